The number of nitrogens with zero attached hydrogens (tertiary/aromatic N) is 1. The van der Waals surface area contributed by atoms with Crippen molar-refractivity contribution in [2.75, 3.05) is 19.7 Å². The standard InChI is InChI=1S/C14H19NO2.C5H8/c1-11-3-2-4-13(9-11)14(17)15-7-5-12(10-16)6-8-15;1-3-5-4-2/h2-4,9,12,16H,5-8,10H2,1H3;3-5H,1H2,2H3/b;5-4-. The summed E-state index contributed by atoms with van der Waals surface area (Å²) in [6.07, 6.45) is 7.40. The lowest BCUT2D eigenvalue weighted by atomic mass is 9.97. The van der Waals surface area contributed by atoms with Crippen LogP contribution in [-0.2, 0) is 0 Å². The van der Waals surface area contributed by atoms with Gasteiger partial charge in [0.1, 0.15) is 0 Å². The maximum absolute atomic E-state index is 12.2. The van der Waals surface area contributed by atoms with Crippen LogP contribution in [0.2, 0.25) is 0 Å². The molecule has 0 aromatic heterocycles. The van der Waals surface area contributed by atoms with Crippen molar-refractivity contribution in [2.24, 2.45) is 5.92 Å². The second-order valence-electron chi connectivity index (χ2n) is 5.55. The molecule has 0 spiro atoms. The molecule has 3 nitrogen and oxygen atoms in total. The van der Waals surface area contributed by atoms with Gasteiger partial charge in [-0.15, -0.1) is 0 Å². The van der Waals surface area contributed by atoms with Crippen molar-refractivity contribution in [3.63, 3.8) is 0 Å². The Morgan fingerprint density at radius 2 is 2.09 bits per heavy atom. The number of piperidine rings is 1. The number of aliphatic hydroxyl groups is 1. The van der Waals surface area contributed by atoms with Crippen LogP contribution in [0.4, 0.5) is 0 Å². The van der Waals surface area contributed by atoms with E-state index in [0.717, 1.165) is 37.1 Å². The zero-order valence-corrected chi connectivity index (χ0v) is 13.7. The van der Waals surface area contributed by atoms with Crippen molar-refractivity contribution in [2.45, 2.75) is 26.7 Å². The van der Waals surface area contributed by atoms with Crippen LogP contribution in [0.3, 0.4) is 0 Å². The van der Waals surface area contributed by atoms with Crippen molar-refractivity contribution in [3.8, 4) is 0 Å². The SMILES string of the molecule is C=C/C=C\C.Cc1cccc(C(=O)N2CCC(CO)CC2)c1. The fourth-order valence-electron chi connectivity index (χ4n) is 2.42. The van der Waals surface area contributed by atoms with Gasteiger partial charge in [-0.25, -0.2) is 0 Å². The zero-order valence-electron chi connectivity index (χ0n) is 13.7. The van der Waals surface area contributed by atoms with Crippen LogP contribution in [0.15, 0.2) is 49.1 Å². The number of aryl methyl sites for hydroxylation is 1. The van der Waals surface area contributed by atoms with Gasteiger partial charge in [0.15, 0.2) is 0 Å². The lowest BCUT2D eigenvalue weighted by molar-refractivity contribution is 0.0651. The van der Waals surface area contributed by atoms with Gasteiger partial charge in [0.2, 0.25) is 0 Å². The predicted octanol–water partition coefficient (Wildman–Crippen LogP) is 3.59. The van der Waals surface area contributed by atoms with Gasteiger partial charge in [-0.2, -0.15) is 0 Å². The Balaban J connectivity index is 0.000000422. The number of hydrogen-bond donors (Lipinski definition) is 1. The molecule has 2 rings (SSSR count). The highest BCUT2D eigenvalue weighted by atomic mass is 16.3. The molecule has 1 fully saturated rings. The van der Waals surface area contributed by atoms with Gasteiger partial charge >= 0.3 is 0 Å². The Morgan fingerprint density at radius 3 is 2.55 bits per heavy atom. The number of rotatable bonds is 3. The highest BCUT2D eigenvalue weighted by Crippen LogP contribution is 2.18. The van der Waals surface area contributed by atoms with Gasteiger partial charge in [0.25, 0.3) is 5.91 Å². The molecule has 0 unspecified atom stereocenters. The van der Waals surface area contributed by atoms with Crippen LogP contribution in [0, 0.1) is 12.8 Å². The van der Waals surface area contributed by atoms with Gasteiger partial charge in [-0.1, -0.05) is 42.5 Å². The molecule has 3 heteroatoms. The van der Waals surface area contributed by atoms with Crippen LogP contribution >= 0.6 is 0 Å². The summed E-state index contributed by atoms with van der Waals surface area (Å²) in [5.74, 6) is 0.488. The average molecular weight is 301 g/mol. The Bertz CT molecular complexity index is 500. The van der Waals surface area contributed by atoms with Crippen LogP contribution in [0.5, 0.6) is 0 Å². The highest BCUT2D eigenvalue weighted by molar-refractivity contribution is 5.94. The third kappa shape index (κ3) is 5.86. The smallest absolute Gasteiger partial charge is 0.253 e. The molecule has 22 heavy (non-hydrogen) atoms. The average Bonchev–Trinajstić information content (AvgIpc) is 2.55. The van der Waals surface area contributed by atoms with Crippen molar-refractivity contribution >= 4 is 5.91 Å². The molecule has 0 radical (unpaired) electrons. The summed E-state index contributed by atoms with van der Waals surface area (Å²) in [5.41, 5.74) is 1.88. The largest absolute Gasteiger partial charge is 0.396 e. The quantitative estimate of drug-likeness (QED) is 0.867. The number of benzene rings is 1. The van der Waals surface area contributed by atoms with E-state index in [2.05, 4.69) is 6.58 Å². The van der Waals surface area contributed by atoms with Crippen molar-refractivity contribution in [1.82, 2.24) is 4.90 Å². The van der Waals surface area contributed by atoms with Crippen molar-refractivity contribution in [3.05, 3.63) is 60.2 Å². The molecule has 1 aliphatic heterocycles. The van der Waals surface area contributed by atoms with Crippen LogP contribution in [-0.4, -0.2) is 35.6 Å². The molecule has 1 amide bonds. The first-order valence-electron chi connectivity index (χ1n) is 7.82. The summed E-state index contributed by atoms with van der Waals surface area (Å²) >= 11 is 0. The van der Waals surface area contributed by atoms with Gasteiger partial charge in [0.05, 0.1) is 0 Å². The summed E-state index contributed by atoms with van der Waals surface area (Å²) in [6.45, 7) is 9.18. The molecule has 0 aliphatic carbocycles. The maximum Gasteiger partial charge on any atom is 0.253 e. The first-order valence-corrected chi connectivity index (χ1v) is 7.82. The molecule has 120 valence electrons. The molecular formula is C19H27NO2. The molecule has 1 saturated heterocycles. The number of carbonyl (C=O) groups is 1. The minimum Gasteiger partial charge on any atom is -0.396 e. The number of aliphatic hydroxyl groups excluding tert-OH is 1. The molecular weight excluding hydrogens is 274 g/mol. The fraction of sp³-hybridized carbons (Fsp3) is 0.421. The van der Waals surface area contributed by atoms with E-state index in [9.17, 15) is 4.79 Å². The molecule has 1 aliphatic rings. The summed E-state index contributed by atoms with van der Waals surface area (Å²) in [6, 6.07) is 7.71. The van der Waals surface area contributed by atoms with E-state index >= 15 is 0 Å². The highest BCUT2D eigenvalue weighted by Gasteiger charge is 2.22. The number of allylic oxidation sites excluding steroid dienone is 3. The van der Waals surface area contributed by atoms with E-state index in [4.69, 9.17) is 5.11 Å². The van der Waals surface area contributed by atoms with E-state index in [1.54, 1.807) is 6.08 Å². The predicted molar refractivity (Wildman–Crippen MR) is 91.9 cm³/mol. The van der Waals surface area contributed by atoms with Crippen LogP contribution < -0.4 is 0 Å². The monoisotopic (exact) mass is 301 g/mol. The van der Waals surface area contributed by atoms with Crippen LogP contribution in [0.1, 0.15) is 35.7 Å². The second kappa shape index (κ2) is 9.96. The number of carbonyl (C=O) groups excluding carboxylic acids is 1. The van der Waals surface area contributed by atoms with E-state index in [1.807, 2.05) is 55.2 Å². The third-order valence-corrected chi connectivity index (χ3v) is 3.75. The fourth-order valence-corrected chi connectivity index (χ4v) is 2.42. The molecule has 1 aromatic rings. The van der Waals surface area contributed by atoms with Gasteiger partial charge in [-0.05, 0) is 44.7 Å². The zero-order chi connectivity index (χ0) is 16.4. The third-order valence-electron chi connectivity index (χ3n) is 3.75. The second-order valence-corrected chi connectivity index (χ2v) is 5.55. The Labute approximate surface area is 134 Å². The number of hydrogen-bond acceptors (Lipinski definition) is 2. The molecule has 1 aromatic carbocycles. The van der Waals surface area contributed by atoms with Crippen molar-refractivity contribution < 1.29 is 9.90 Å². The maximum atomic E-state index is 12.2. The molecule has 0 saturated carbocycles. The first-order chi connectivity index (χ1) is 10.6. The molecule has 1 N–H and O–H groups in total. The number of likely N-dealkylation sites (tertiary alicyclic amines) is 1. The number of amides is 1. The molecule has 0 atom stereocenters. The van der Waals surface area contributed by atoms with Crippen LogP contribution in [0.25, 0.3) is 0 Å². The van der Waals surface area contributed by atoms with E-state index < -0.39 is 0 Å². The topological polar surface area (TPSA) is 40.5 Å². The minimum atomic E-state index is 0.116. The normalized spacial score (nSPS) is 15.3. The van der Waals surface area contributed by atoms with Gasteiger partial charge < -0.3 is 10.0 Å². The Kier molecular flexibility index (Phi) is 8.23. The van der Waals surface area contributed by atoms with E-state index in [1.165, 1.54) is 0 Å². The summed E-state index contributed by atoms with van der Waals surface area (Å²) in [4.78, 5) is 14.1. The summed E-state index contributed by atoms with van der Waals surface area (Å²) in [7, 11) is 0. The Morgan fingerprint density at radius 1 is 1.41 bits per heavy atom. The summed E-state index contributed by atoms with van der Waals surface area (Å²) in [5, 5.41) is 9.07. The molecule has 0 bridgehead atoms. The lowest BCUT2D eigenvalue weighted by Gasteiger charge is -2.31. The Hall–Kier alpha value is -1.87. The van der Waals surface area contributed by atoms with E-state index in [0.29, 0.717) is 5.92 Å². The lowest BCUT2D eigenvalue weighted by Crippen LogP contribution is -2.39. The van der Waals surface area contributed by atoms with Crippen molar-refractivity contribution in [1.29, 1.82) is 0 Å². The van der Waals surface area contributed by atoms with E-state index in [-0.39, 0.29) is 12.5 Å². The van der Waals surface area contributed by atoms with Gasteiger partial charge in [-0.3, -0.25) is 4.79 Å². The minimum absolute atomic E-state index is 0.116. The first kappa shape index (κ1) is 18.2. The summed E-state index contributed by atoms with van der Waals surface area (Å²) < 4.78 is 0. The van der Waals surface area contributed by atoms with Gasteiger partial charge in [0, 0.05) is 25.3 Å². The molecule has 1 heterocycles.